The lowest BCUT2D eigenvalue weighted by molar-refractivity contribution is -0.117. The van der Waals surface area contributed by atoms with Gasteiger partial charge in [0.1, 0.15) is 10.7 Å². The molecule has 0 atom stereocenters. The van der Waals surface area contributed by atoms with Gasteiger partial charge in [0.25, 0.3) is 0 Å². The smallest absolute Gasteiger partial charge is 0.243 e. The van der Waals surface area contributed by atoms with Crippen molar-refractivity contribution in [3.05, 3.63) is 59.9 Å². The molecule has 7 heteroatoms. The number of nitrogens with one attached hydrogen (secondary N) is 1. The van der Waals surface area contributed by atoms with Crippen LogP contribution in [0.2, 0.25) is 0 Å². The van der Waals surface area contributed by atoms with E-state index in [4.69, 9.17) is 0 Å². The van der Waals surface area contributed by atoms with Gasteiger partial charge in [-0.15, -0.1) is 0 Å². The van der Waals surface area contributed by atoms with E-state index >= 15 is 0 Å². The molecule has 0 saturated heterocycles. The minimum atomic E-state index is -3.72. The molecular formula is C15H13FN2O3S. The zero-order valence-electron chi connectivity index (χ0n) is 11.5. The maximum atomic E-state index is 13.0. The fourth-order valence-electron chi connectivity index (χ4n) is 2.32. The van der Waals surface area contributed by atoms with Gasteiger partial charge < -0.3 is 4.90 Å². The largest absolute Gasteiger partial charge is 0.305 e. The number of para-hydroxylation sites is 1. The first-order chi connectivity index (χ1) is 10.5. The van der Waals surface area contributed by atoms with Crippen molar-refractivity contribution in [1.29, 1.82) is 0 Å². The molecule has 22 heavy (non-hydrogen) atoms. The highest BCUT2D eigenvalue weighted by atomic mass is 32.2. The summed E-state index contributed by atoms with van der Waals surface area (Å²) >= 11 is 0. The van der Waals surface area contributed by atoms with Crippen molar-refractivity contribution in [2.75, 3.05) is 11.4 Å². The van der Waals surface area contributed by atoms with E-state index < -0.39 is 10.0 Å². The zero-order chi connectivity index (χ0) is 15.7. The maximum absolute atomic E-state index is 13.0. The Balaban J connectivity index is 2.05. The third-order valence-electron chi connectivity index (χ3n) is 3.41. The fourth-order valence-corrected chi connectivity index (χ4v) is 3.50. The van der Waals surface area contributed by atoms with Gasteiger partial charge in [-0.25, -0.2) is 17.5 Å². The highest BCUT2D eigenvalue weighted by molar-refractivity contribution is 7.89. The molecule has 1 amide bonds. The Hall–Kier alpha value is -2.25. The molecule has 0 fully saturated rings. The number of nitrogens with zero attached hydrogens (tertiary/aromatic N) is 1. The van der Waals surface area contributed by atoms with E-state index in [1.807, 2.05) is 0 Å². The maximum Gasteiger partial charge on any atom is 0.243 e. The SMILES string of the molecule is O=C1CNS(=O)(=O)c2ccccc2N1Cc1ccc(F)cc1. The second-order valence-electron chi connectivity index (χ2n) is 4.90. The number of rotatable bonds is 2. The lowest BCUT2D eigenvalue weighted by Crippen LogP contribution is -2.36. The summed E-state index contributed by atoms with van der Waals surface area (Å²) < 4.78 is 39.5. The van der Waals surface area contributed by atoms with Crippen molar-refractivity contribution >= 4 is 21.6 Å². The molecule has 1 aliphatic rings. The molecule has 1 N–H and O–H groups in total. The predicted octanol–water partition coefficient (Wildman–Crippen LogP) is 1.65. The zero-order valence-corrected chi connectivity index (χ0v) is 12.3. The standard InChI is InChI=1S/C15H13FN2O3S/c16-12-7-5-11(6-8-12)10-18-13-3-1-2-4-14(13)22(20,21)17-9-15(18)19/h1-8,17H,9-10H2. The number of hydrogen-bond acceptors (Lipinski definition) is 3. The Morgan fingerprint density at radius 3 is 2.50 bits per heavy atom. The first-order valence-corrected chi connectivity index (χ1v) is 8.09. The van der Waals surface area contributed by atoms with Crippen molar-refractivity contribution in [1.82, 2.24) is 4.72 Å². The molecule has 0 spiro atoms. The van der Waals surface area contributed by atoms with Crippen molar-refractivity contribution in [3.63, 3.8) is 0 Å². The summed E-state index contributed by atoms with van der Waals surface area (Å²) in [5.74, 6) is -0.728. The quantitative estimate of drug-likeness (QED) is 0.915. The highest BCUT2D eigenvalue weighted by Gasteiger charge is 2.29. The van der Waals surface area contributed by atoms with Crippen molar-refractivity contribution in [3.8, 4) is 0 Å². The van der Waals surface area contributed by atoms with Crippen LogP contribution in [0.3, 0.4) is 0 Å². The van der Waals surface area contributed by atoms with Crippen LogP contribution in [0.25, 0.3) is 0 Å². The molecule has 5 nitrogen and oxygen atoms in total. The molecule has 1 aliphatic heterocycles. The number of amides is 1. The Morgan fingerprint density at radius 2 is 1.77 bits per heavy atom. The minimum absolute atomic E-state index is 0.0583. The Morgan fingerprint density at radius 1 is 1.09 bits per heavy atom. The van der Waals surface area contributed by atoms with Crippen molar-refractivity contribution in [2.24, 2.45) is 0 Å². The van der Waals surface area contributed by atoms with E-state index in [1.54, 1.807) is 30.3 Å². The summed E-state index contributed by atoms with van der Waals surface area (Å²) in [5, 5.41) is 0. The first-order valence-electron chi connectivity index (χ1n) is 6.61. The lowest BCUT2D eigenvalue weighted by Gasteiger charge is -2.22. The van der Waals surface area contributed by atoms with Gasteiger partial charge in [-0.1, -0.05) is 24.3 Å². The average molecular weight is 320 g/mol. The third kappa shape index (κ3) is 2.72. The van der Waals surface area contributed by atoms with Crippen molar-refractivity contribution in [2.45, 2.75) is 11.4 Å². The van der Waals surface area contributed by atoms with Crippen LogP contribution < -0.4 is 9.62 Å². The molecule has 1 heterocycles. The van der Waals surface area contributed by atoms with Gasteiger partial charge in [0, 0.05) is 0 Å². The summed E-state index contributed by atoms with van der Waals surface area (Å²) in [6.45, 7) is -0.133. The normalized spacial score (nSPS) is 17.0. The van der Waals surface area contributed by atoms with Gasteiger partial charge in [0.05, 0.1) is 18.8 Å². The molecule has 0 saturated carbocycles. The van der Waals surface area contributed by atoms with Crippen LogP contribution in [0, 0.1) is 5.82 Å². The molecule has 2 aromatic rings. The number of anilines is 1. The molecule has 3 rings (SSSR count). The van der Waals surface area contributed by atoms with Gasteiger partial charge in [-0.3, -0.25) is 4.79 Å². The second kappa shape index (κ2) is 5.51. The number of sulfonamides is 1. The second-order valence-corrected chi connectivity index (χ2v) is 6.63. The van der Waals surface area contributed by atoms with Gasteiger partial charge in [-0.2, -0.15) is 0 Å². The summed E-state index contributed by atoms with van der Waals surface area (Å²) in [7, 11) is -3.72. The molecule has 114 valence electrons. The Labute approximate surface area is 127 Å². The molecule has 0 radical (unpaired) electrons. The van der Waals surface area contributed by atoms with E-state index in [1.165, 1.54) is 23.1 Å². The van der Waals surface area contributed by atoms with E-state index in [0.29, 0.717) is 11.3 Å². The van der Waals surface area contributed by atoms with Crippen LogP contribution in [0.4, 0.5) is 10.1 Å². The van der Waals surface area contributed by atoms with Crippen LogP contribution in [0.15, 0.2) is 53.4 Å². The monoisotopic (exact) mass is 320 g/mol. The van der Waals surface area contributed by atoms with Crippen LogP contribution in [-0.4, -0.2) is 20.9 Å². The molecule has 0 aromatic heterocycles. The van der Waals surface area contributed by atoms with Crippen LogP contribution in [0.1, 0.15) is 5.56 Å². The number of halogens is 1. The summed E-state index contributed by atoms with van der Waals surface area (Å²) in [6, 6.07) is 12.1. The average Bonchev–Trinajstić information content (AvgIpc) is 2.60. The lowest BCUT2D eigenvalue weighted by atomic mass is 10.2. The molecule has 0 bridgehead atoms. The van der Waals surface area contributed by atoms with Gasteiger partial charge >= 0.3 is 0 Å². The third-order valence-corrected chi connectivity index (χ3v) is 4.86. The number of carbonyl (C=O) groups is 1. The van der Waals surface area contributed by atoms with E-state index in [0.717, 1.165) is 0 Å². The van der Waals surface area contributed by atoms with Gasteiger partial charge in [-0.05, 0) is 29.8 Å². The fraction of sp³-hybridized carbons (Fsp3) is 0.133. The summed E-state index contributed by atoms with van der Waals surface area (Å²) in [5.41, 5.74) is 1.03. The number of hydrogen-bond donors (Lipinski definition) is 1. The van der Waals surface area contributed by atoms with E-state index in [2.05, 4.69) is 4.72 Å². The topological polar surface area (TPSA) is 66.5 Å². The molecular weight excluding hydrogens is 307 g/mol. The first kappa shape index (κ1) is 14.7. The van der Waals surface area contributed by atoms with E-state index in [-0.39, 0.29) is 29.7 Å². The Kier molecular flexibility index (Phi) is 3.67. The summed E-state index contributed by atoms with van der Waals surface area (Å²) in [6.07, 6.45) is 0. The predicted molar refractivity (Wildman–Crippen MR) is 79.2 cm³/mol. The van der Waals surface area contributed by atoms with Crippen LogP contribution in [-0.2, 0) is 21.4 Å². The minimum Gasteiger partial charge on any atom is -0.305 e. The molecule has 2 aromatic carbocycles. The van der Waals surface area contributed by atoms with Crippen LogP contribution in [0.5, 0.6) is 0 Å². The molecule has 0 unspecified atom stereocenters. The Bertz CT molecular complexity index is 819. The van der Waals surface area contributed by atoms with Crippen molar-refractivity contribution < 1.29 is 17.6 Å². The van der Waals surface area contributed by atoms with Gasteiger partial charge in [0.2, 0.25) is 15.9 Å². The summed E-state index contributed by atoms with van der Waals surface area (Å²) in [4.78, 5) is 13.7. The van der Waals surface area contributed by atoms with E-state index in [9.17, 15) is 17.6 Å². The number of fused-ring (bicyclic) bond motifs is 1. The number of carbonyl (C=O) groups excluding carboxylic acids is 1. The molecule has 0 aliphatic carbocycles. The van der Waals surface area contributed by atoms with Crippen LogP contribution >= 0.6 is 0 Å². The number of benzene rings is 2. The highest BCUT2D eigenvalue weighted by Crippen LogP contribution is 2.28. The van der Waals surface area contributed by atoms with Gasteiger partial charge in [0.15, 0.2) is 0 Å².